The molecular weight excluding hydrogens is 717 g/mol. The highest BCUT2D eigenvalue weighted by atomic mass is 16.6. The molecule has 0 aliphatic heterocycles. The number of aryl methyl sites for hydroxylation is 2. The average Bonchev–Trinajstić information content (AvgIpc) is 3.79. The molecule has 6 aromatic rings. The van der Waals surface area contributed by atoms with Gasteiger partial charge in [-0.1, -0.05) is 27.7 Å². The molecule has 2 atom stereocenters. The van der Waals surface area contributed by atoms with E-state index in [4.69, 9.17) is 19.9 Å². The second-order valence-electron chi connectivity index (χ2n) is 17.4. The summed E-state index contributed by atoms with van der Waals surface area (Å²) in [5.41, 5.74) is 12.7. The van der Waals surface area contributed by atoms with Gasteiger partial charge in [-0.3, -0.25) is 0 Å². The Kier molecular flexibility index (Phi) is 13.3. The van der Waals surface area contributed by atoms with Gasteiger partial charge in [0.15, 0.2) is 11.3 Å². The summed E-state index contributed by atoms with van der Waals surface area (Å²) in [4.78, 5) is 21.1. The molecule has 4 aromatic heterocycles. The van der Waals surface area contributed by atoms with Gasteiger partial charge in [-0.2, -0.15) is 10.2 Å². The normalized spacial score (nSPS) is 13.9. The summed E-state index contributed by atoms with van der Waals surface area (Å²) >= 11 is 0. The van der Waals surface area contributed by atoms with Gasteiger partial charge in [0.1, 0.15) is 30.3 Å². The minimum Gasteiger partial charge on any atom is -0.491 e. The summed E-state index contributed by atoms with van der Waals surface area (Å²) in [6, 6.07) is 19.9. The first-order valence-corrected chi connectivity index (χ1v) is 19.7. The van der Waals surface area contributed by atoms with Crippen LogP contribution in [-0.2, 0) is 4.74 Å². The minimum absolute atomic E-state index is 0.328. The van der Waals surface area contributed by atoms with Crippen molar-refractivity contribution in [2.45, 2.75) is 106 Å². The van der Waals surface area contributed by atoms with Crippen molar-refractivity contribution >= 4 is 17.4 Å². The third-order valence-electron chi connectivity index (χ3n) is 9.16. The van der Waals surface area contributed by atoms with Gasteiger partial charge in [-0.25, -0.2) is 23.8 Å². The molecule has 0 aliphatic rings. The first-order valence-electron chi connectivity index (χ1n) is 19.7. The standard InChI is InChI=1S/C25H34N4O3.C20H26N4O/c1-17(2)15-25(7,28-23(30)32-24(4,5)6)16-31-21-9-8-19(14-18(21)3)20-10-12-26-22-11-13-27-29(20)22;1-14(2)12-20(4,21)13-25-18-6-5-16(11-15(18)3)17-7-9-22-19-8-10-23-24(17)19/h8-14,17H,15-16H2,1-7H3,(H,28,30);5-11,14H,12-13,21H2,1-4H3/t25-;20-/m00/s1. The van der Waals surface area contributed by atoms with Gasteiger partial charge < -0.3 is 25.3 Å². The van der Waals surface area contributed by atoms with Crippen LogP contribution < -0.4 is 20.5 Å². The van der Waals surface area contributed by atoms with Crippen LogP contribution in [0, 0.1) is 25.7 Å². The fourth-order valence-corrected chi connectivity index (χ4v) is 7.12. The maximum absolute atomic E-state index is 12.4. The molecule has 0 fully saturated rings. The lowest BCUT2D eigenvalue weighted by Gasteiger charge is -2.33. The molecule has 0 bridgehead atoms. The highest BCUT2D eigenvalue weighted by Gasteiger charge is 2.31. The summed E-state index contributed by atoms with van der Waals surface area (Å²) in [5, 5.41) is 11.7. The molecule has 0 saturated carbocycles. The predicted octanol–water partition coefficient (Wildman–Crippen LogP) is 9.26. The SMILES string of the molecule is Cc1cc(-c2ccnc3ccnn23)ccc1OC[C@@](C)(N)CC(C)C.Cc1cc(-c2ccnc3ccnn23)ccc1OC[C@](C)(CC(C)C)NC(=O)OC(C)(C)C. The van der Waals surface area contributed by atoms with Crippen molar-refractivity contribution in [2.75, 3.05) is 13.2 Å². The van der Waals surface area contributed by atoms with Crippen LogP contribution in [0.5, 0.6) is 11.5 Å². The number of nitrogens with zero attached hydrogens (tertiary/aromatic N) is 6. The van der Waals surface area contributed by atoms with E-state index in [0.717, 1.165) is 69.3 Å². The lowest BCUT2D eigenvalue weighted by molar-refractivity contribution is 0.0407. The number of alkyl carbamates (subject to hydrolysis) is 1. The smallest absolute Gasteiger partial charge is 0.408 e. The number of benzene rings is 2. The number of fused-ring (bicyclic) bond motifs is 2. The van der Waals surface area contributed by atoms with Gasteiger partial charge in [-0.15, -0.1) is 0 Å². The number of amides is 1. The molecule has 3 N–H and O–H groups in total. The Balaban J connectivity index is 0.000000224. The molecule has 2 aromatic carbocycles. The second-order valence-corrected chi connectivity index (χ2v) is 17.4. The van der Waals surface area contributed by atoms with Gasteiger partial charge >= 0.3 is 6.09 Å². The molecule has 57 heavy (non-hydrogen) atoms. The predicted molar refractivity (Wildman–Crippen MR) is 227 cm³/mol. The molecule has 0 spiro atoms. The van der Waals surface area contributed by atoms with Crippen molar-refractivity contribution in [1.29, 1.82) is 0 Å². The van der Waals surface area contributed by atoms with E-state index in [2.05, 4.69) is 78.3 Å². The average molecular weight is 777 g/mol. The third kappa shape index (κ3) is 11.8. The molecule has 0 saturated heterocycles. The van der Waals surface area contributed by atoms with Gasteiger partial charge in [0.2, 0.25) is 0 Å². The van der Waals surface area contributed by atoms with E-state index in [1.54, 1.807) is 24.8 Å². The Morgan fingerprint density at radius 1 is 0.684 bits per heavy atom. The number of aromatic nitrogens is 6. The first-order chi connectivity index (χ1) is 26.8. The zero-order chi connectivity index (χ0) is 41.5. The summed E-state index contributed by atoms with van der Waals surface area (Å²) < 4.78 is 21.3. The van der Waals surface area contributed by atoms with Crippen LogP contribution in [0.4, 0.5) is 4.79 Å². The lowest BCUT2D eigenvalue weighted by atomic mass is 9.91. The maximum Gasteiger partial charge on any atom is 0.408 e. The molecular formula is C45H60N8O4. The Labute approximate surface area is 337 Å². The van der Waals surface area contributed by atoms with Crippen LogP contribution >= 0.6 is 0 Å². The number of hydrogen-bond donors (Lipinski definition) is 2. The van der Waals surface area contributed by atoms with Gasteiger partial charge in [0.25, 0.3) is 0 Å². The van der Waals surface area contributed by atoms with E-state index in [0.29, 0.717) is 25.0 Å². The summed E-state index contributed by atoms with van der Waals surface area (Å²) in [7, 11) is 0. The van der Waals surface area contributed by atoms with Crippen LogP contribution in [0.2, 0.25) is 0 Å². The lowest BCUT2D eigenvalue weighted by Crippen LogP contribution is -2.52. The Bertz CT molecular complexity index is 2270. The van der Waals surface area contributed by atoms with Crippen molar-refractivity contribution < 1.29 is 19.0 Å². The largest absolute Gasteiger partial charge is 0.491 e. The van der Waals surface area contributed by atoms with Crippen molar-refractivity contribution in [3.8, 4) is 34.0 Å². The van der Waals surface area contributed by atoms with E-state index >= 15 is 0 Å². The number of ether oxygens (including phenoxy) is 3. The van der Waals surface area contributed by atoms with E-state index in [-0.39, 0.29) is 5.54 Å². The molecule has 0 unspecified atom stereocenters. The summed E-state index contributed by atoms with van der Waals surface area (Å²) in [6.45, 7) is 23.1. The molecule has 12 nitrogen and oxygen atoms in total. The van der Waals surface area contributed by atoms with Crippen LogP contribution in [-0.4, -0.2) is 65.2 Å². The Morgan fingerprint density at radius 3 is 1.60 bits per heavy atom. The highest BCUT2D eigenvalue weighted by Crippen LogP contribution is 2.29. The zero-order valence-corrected chi connectivity index (χ0v) is 35.5. The molecule has 4 heterocycles. The minimum atomic E-state index is -0.562. The van der Waals surface area contributed by atoms with E-state index < -0.39 is 17.2 Å². The molecule has 0 aliphatic carbocycles. The van der Waals surface area contributed by atoms with Crippen molar-refractivity contribution in [3.63, 3.8) is 0 Å². The van der Waals surface area contributed by atoms with Gasteiger partial charge in [0, 0.05) is 41.2 Å². The Hall–Kier alpha value is -5.49. The number of hydrogen-bond acceptors (Lipinski definition) is 9. The maximum atomic E-state index is 12.4. The number of nitrogens with two attached hydrogens (primary N) is 1. The molecule has 0 radical (unpaired) electrons. The number of nitrogens with one attached hydrogen (secondary N) is 1. The van der Waals surface area contributed by atoms with Gasteiger partial charge in [0.05, 0.1) is 29.3 Å². The number of rotatable bonds is 13. The topological polar surface area (TPSA) is 143 Å². The molecule has 304 valence electrons. The third-order valence-corrected chi connectivity index (χ3v) is 9.16. The number of carbonyl (C=O) groups is 1. The monoisotopic (exact) mass is 776 g/mol. The molecule has 1 amide bonds. The van der Waals surface area contributed by atoms with E-state index in [1.165, 1.54) is 0 Å². The van der Waals surface area contributed by atoms with E-state index in [1.807, 2.05) is 93.0 Å². The fourth-order valence-electron chi connectivity index (χ4n) is 7.12. The van der Waals surface area contributed by atoms with Gasteiger partial charge in [-0.05, 0) is 133 Å². The van der Waals surface area contributed by atoms with Crippen molar-refractivity contribution in [3.05, 3.63) is 96.6 Å². The van der Waals surface area contributed by atoms with Crippen molar-refractivity contribution in [2.24, 2.45) is 17.6 Å². The first kappa shape index (κ1) is 42.6. The van der Waals surface area contributed by atoms with Crippen LogP contribution in [0.25, 0.3) is 33.8 Å². The number of carbonyl (C=O) groups excluding carboxylic acids is 1. The van der Waals surface area contributed by atoms with Crippen LogP contribution in [0.15, 0.2) is 85.5 Å². The van der Waals surface area contributed by atoms with Crippen LogP contribution in [0.3, 0.4) is 0 Å². The summed E-state index contributed by atoms with van der Waals surface area (Å²) in [5.74, 6) is 2.57. The molecule has 6 rings (SSSR count). The van der Waals surface area contributed by atoms with E-state index in [9.17, 15) is 4.79 Å². The summed E-state index contributed by atoms with van der Waals surface area (Å²) in [6.07, 6.45) is 8.34. The second kappa shape index (κ2) is 17.8. The van der Waals surface area contributed by atoms with Crippen LogP contribution in [0.1, 0.15) is 86.3 Å². The Morgan fingerprint density at radius 2 is 1.16 bits per heavy atom. The van der Waals surface area contributed by atoms with Crippen molar-refractivity contribution in [1.82, 2.24) is 34.5 Å². The molecule has 12 heteroatoms. The quantitative estimate of drug-likeness (QED) is 0.117. The zero-order valence-electron chi connectivity index (χ0n) is 35.5. The highest BCUT2D eigenvalue weighted by molar-refractivity contribution is 5.69. The fraction of sp³-hybridized carbons (Fsp3) is 0.444.